The van der Waals surface area contributed by atoms with Crippen molar-refractivity contribution in [2.24, 2.45) is 0 Å². The quantitative estimate of drug-likeness (QED) is 0.889. The van der Waals surface area contributed by atoms with Gasteiger partial charge in [0.15, 0.2) is 0 Å². The molecule has 98 valence electrons. The van der Waals surface area contributed by atoms with E-state index in [1.54, 1.807) is 0 Å². The van der Waals surface area contributed by atoms with Crippen molar-refractivity contribution >= 4 is 17.4 Å². The number of rotatable bonds is 2. The SMILES string of the molecule is Cc1ccc(NC2CSCc3ccccc32)c(C)n1. The van der Waals surface area contributed by atoms with Gasteiger partial charge in [-0.2, -0.15) is 11.8 Å². The Morgan fingerprint density at radius 2 is 2.00 bits per heavy atom. The number of thioether (sulfide) groups is 1. The lowest BCUT2D eigenvalue weighted by Crippen LogP contribution is -2.19. The van der Waals surface area contributed by atoms with Crippen LogP contribution in [0.3, 0.4) is 0 Å². The topological polar surface area (TPSA) is 24.9 Å². The molecule has 3 rings (SSSR count). The number of aryl methyl sites for hydroxylation is 2. The largest absolute Gasteiger partial charge is 0.376 e. The summed E-state index contributed by atoms with van der Waals surface area (Å²) in [5.41, 5.74) is 6.18. The highest BCUT2D eigenvalue weighted by Crippen LogP contribution is 2.34. The summed E-state index contributed by atoms with van der Waals surface area (Å²) in [4.78, 5) is 4.53. The van der Waals surface area contributed by atoms with Crippen molar-refractivity contribution in [2.75, 3.05) is 11.1 Å². The maximum atomic E-state index is 4.53. The molecule has 0 aliphatic carbocycles. The minimum absolute atomic E-state index is 0.387. The fourth-order valence-electron chi connectivity index (χ4n) is 2.53. The highest BCUT2D eigenvalue weighted by atomic mass is 32.2. The molecule has 1 unspecified atom stereocenters. The molecule has 1 aliphatic heterocycles. The van der Waals surface area contributed by atoms with Crippen LogP contribution in [0, 0.1) is 13.8 Å². The maximum Gasteiger partial charge on any atom is 0.0608 e. The Labute approximate surface area is 118 Å². The standard InChI is InChI=1S/C16H18N2S/c1-11-7-8-15(12(2)17-11)18-16-10-19-9-13-5-3-4-6-14(13)16/h3-8,16,18H,9-10H2,1-2H3. The monoisotopic (exact) mass is 270 g/mol. The van der Waals surface area contributed by atoms with Gasteiger partial charge in [-0.15, -0.1) is 0 Å². The van der Waals surface area contributed by atoms with Crippen LogP contribution in [0.2, 0.25) is 0 Å². The molecule has 0 amide bonds. The lowest BCUT2D eigenvalue weighted by atomic mass is 10.0. The van der Waals surface area contributed by atoms with Crippen LogP contribution in [0.25, 0.3) is 0 Å². The van der Waals surface area contributed by atoms with Crippen LogP contribution in [-0.4, -0.2) is 10.7 Å². The van der Waals surface area contributed by atoms with Crippen molar-refractivity contribution in [1.82, 2.24) is 4.98 Å². The average molecular weight is 270 g/mol. The predicted molar refractivity (Wildman–Crippen MR) is 82.7 cm³/mol. The Bertz CT molecular complexity index is 595. The van der Waals surface area contributed by atoms with Crippen LogP contribution >= 0.6 is 11.8 Å². The number of nitrogens with one attached hydrogen (secondary N) is 1. The van der Waals surface area contributed by atoms with Crippen LogP contribution in [0.15, 0.2) is 36.4 Å². The number of fused-ring (bicyclic) bond motifs is 1. The summed E-state index contributed by atoms with van der Waals surface area (Å²) in [6, 6.07) is 13.3. The molecule has 0 spiro atoms. The summed E-state index contributed by atoms with van der Waals surface area (Å²) >= 11 is 1.99. The van der Waals surface area contributed by atoms with Gasteiger partial charge in [-0.3, -0.25) is 4.98 Å². The molecule has 0 fully saturated rings. The summed E-state index contributed by atoms with van der Waals surface area (Å²) in [5.74, 6) is 2.24. The van der Waals surface area contributed by atoms with Crippen molar-refractivity contribution in [1.29, 1.82) is 0 Å². The highest BCUT2D eigenvalue weighted by Gasteiger charge is 2.20. The van der Waals surface area contributed by atoms with Crippen LogP contribution < -0.4 is 5.32 Å². The predicted octanol–water partition coefficient (Wildman–Crippen LogP) is 4.10. The van der Waals surface area contributed by atoms with Gasteiger partial charge in [0.05, 0.1) is 17.4 Å². The molecule has 2 aromatic rings. The Kier molecular flexibility index (Phi) is 3.47. The van der Waals surface area contributed by atoms with Crippen LogP contribution in [0.5, 0.6) is 0 Å². The Balaban J connectivity index is 1.88. The second-order valence-electron chi connectivity index (χ2n) is 5.00. The zero-order valence-electron chi connectivity index (χ0n) is 11.3. The van der Waals surface area contributed by atoms with E-state index in [0.717, 1.165) is 28.6 Å². The second kappa shape index (κ2) is 5.25. The Morgan fingerprint density at radius 1 is 1.16 bits per heavy atom. The van der Waals surface area contributed by atoms with Crippen molar-refractivity contribution < 1.29 is 0 Å². The van der Waals surface area contributed by atoms with E-state index in [-0.39, 0.29) is 0 Å². The molecule has 0 saturated carbocycles. The first-order valence-corrected chi connectivity index (χ1v) is 7.76. The molecule has 1 N–H and O–H groups in total. The van der Waals surface area contributed by atoms with Crippen molar-refractivity contribution in [3.63, 3.8) is 0 Å². The van der Waals surface area contributed by atoms with Gasteiger partial charge in [0.1, 0.15) is 0 Å². The molecular weight excluding hydrogens is 252 g/mol. The van der Waals surface area contributed by atoms with Crippen molar-refractivity contribution in [3.05, 3.63) is 58.9 Å². The van der Waals surface area contributed by atoms with E-state index in [0.29, 0.717) is 6.04 Å². The number of pyridine rings is 1. The minimum Gasteiger partial charge on any atom is -0.376 e. The van der Waals surface area contributed by atoms with Gasteiger partial charge < -0.3 is 5.32 Å². The fourth-order valence-corrected chi connectivity index (χ4v) is 3.63. The lowest BCUT2D eigenvalue weighted by molar-refractivity contribution is 0.865. The number of nitrogens with zero attached hydrogens (tertiary/aromatic N) is 1. The Morgan fingerprint density at radius 3 is 2.84 bits per heavy atom. The minimum atomic E-state index is 0.387. The van der Waals surface area contributed by atoms with Gasteiger partial charge in [-0.1, -0.05) is 24.3 Å². The molecule has 1 aromatic carbocycles. The van der Waals surface area contributed by atoms with Gasteiger partial charge in [-0.25, -0.2) is 0 Å². The van der Waals surface area contributed by atoms with E-state index in [2.05, 4.69) is 53.6 Å². The van der Waals surface area contributed by atoms with E-state index in [1.807, 2.05) is 18.7 Å². The molecule has 19 heavy (non-hydrogen) atoms. The smallest absolute Gasteiger partial charge is 0.0608 e. The molecular formula is C16H18N2S. The van der Waals surface area contributed by atoms with Crippen molar-refractivity contribution in [3.8, 4) is 0 Å². The molecule has 0 bridgehead atoms. The first kappa shape index (κ1) is 12.5. The molecule has 2 nitrogen and oxygen atoms in total. The van der Waals surface area contributed by atoms with Crippen molar-refractivity contribution in [2.45, 2.75) is 25.6 Å². The molecule has 2 heterocycles. The van der Waals surface area contributed by atoms with Crippen LogP contribution in [0.4, 0.5) is 5.69 Å². The third kappa shape index (κ3) is 2.61. The molecule has 1 aliphatic rings. The van der Waals surface area contributed by atoms with E-state index in [4.69, 9.17) is 0 Å². The number of hydrogen-bond acceptors (Lipinski definition) is 3. The first-order valence-electron chi connectivity index (χ1n) is 6.60. The molecule has 1 atom stereocenters. The summed E-state index contributed by atoms with van der Waals surface area (Å²) in [6.45, 7) is 4.10. The van der Waals surface area contributed by atoms with Gasteiger partial charge >= 0.3 is 0 Å². The number of benzene rings is 1. The number of aromatic nitrogens is 1. The van der Waals surface area contributed by atoms with Gasteiger partial charge in [0.2, 0.25) is 0 Å². The van der Waals surface area contributed by atoms with E-state index in [1.165, 1.54) is 11.1 Å². The van der Waals surface area contributed by atoms with Gasteiger partial charge in [-0.05, 0) is 37.1 Å². The molecule has 0 radical (unpaired) electrons. The van der Waals surface area contributed by atoms with E-state index in [9.17, 15) is 0 Å². The maximum absolute atomic E-state index is 4.53. The fraction of sp³-hybridized carbons (Fsp3) is 0.312. The molecule has 0 saturated heterocycles. The normalized spacial score (nSPS) is 17.9. The lowest BCUT2D eigenvalue weighted by Gasteiger charge is -2.27. The van der Waals surface area contributed by atoms with Crippen LogP contribution in [-0.2, 0) is 5.75 Å². The molecule has 3 heteroatoms. The number of anilines is 1. The van der Waals surface area contributed by atoms with Gasteiger partial charge in [0, 0.05) is 17.2 Å². The summed E-state index contributed by atoms with van der Waals surface area (Å²) in [6.07, 6.45) is 0. The third-order valence-electron chi connectivity index (χ3n) is 3.53. The zero-order chi connectivity index (χ0) is 13.2. The van der Waals surface area contributed by atoms with Gasteiger partial charge in [0.25, 0.3) is 0 Å². The second-order valence-corrected chi connectivity index (χ2v) is 6.03. The van der Waals surface area contributed by atoms with Crippen LogP contribution in [0.1, 0.15) is 28.6 Å². The highest BCUT2D eigenvalue weighted by molar-refractivity contribution is 7.98. The summed E-state index contributed by atoms with van der Waals surface area (Å²) in [7, 11) is 0. The summed E-state index contributed by atoms with van der Waals surface area (Å²) < 4.78 is 0. The summed E-state index contributed by atoms with van der Waals surface area (Å²) in [5, 5.41) is 3.65. The third-order valence-corrected chi connectivity index (χ3v) is 4.61. The molecule has 1 aromatic heterocycles. The van der Waals surface area contributed by atoms with E-state index >= 15 is 0 Å². The zero-order valence-corrected chi connectivity index (χ0v) is 12.1. The Hall–Kier alpha value is -1.48. The number of hydrogen-bond donors (Lipinski definition) is 1. The average Bonchev–Trinajstić information content (AvgIpc) is 2.42. The van der Waals surface area contributed by atoms with E-state index < -0.39 is 0 Å². The first-order chi connectivity index (χ1) is 9.24.